The molecule has 3 heteroatoms. The van der Waals surface area contributed by atoms with E-state index in [0.29, 0.717) is 12.5 Å². The zero-order valence-corrected chi connectivity index (χ0v) is 7.29. The van der Waals surface area contributed by atoms with Crippen LogP contribution in [-0.4, -0.2) is 25.8 Å². The Morgan fingerprint density at radius 3 is 2.83 bits per heavy atom. The van der Waals surface area contributed by atoms with Crippen LogP contribution in [0.1, 0.15) is 12.8 Å². The van der Waals surface area contributed by atoms with Gasteiger partial charge >= 0.3 is 5.97 Å². The molecule has 1 fully saturated rings. The van der Waals surface area contributed by atoms with E-state index in [1.807, 2.05) is 0 Å². The van der Waals surface area contributed by atoms with Crippen LogP contribution in [0, 0.1) is 5.92 Å². The fourth-order valence-electron chi connectivity index (χ4n) is 1.29. The van der Waals surface area contributed by atoms with Gasteiger partial charge in [-0.1, -0.05) is 6.58 Å². The zero-order valence-electron chi connectivity index (χ0n) is 7.29. The van der Waals surface area contributed by atoms with E-state index in [-0.39, 0.29) is 12.1 Å². The largest absolute Gasteiger partial charge is 0.462 e. The highest BCUT2D eigenvalue weighted by molar-refractivity contribution is 5.81. The second-order valence-corrected chi connectivity index (χ2v) is 2.95. The highest BCUT2D eigenvalue weighted by Gasteiger charge is 2.31. The van der Waals surface area contributed by atoms with Crippen molar-refractivity contribution in [2.24, 2.45) is 5.92 Å². The minimum absolute atomic E-state index is 0.280. The topological polar surface area (TPSA) is 35.5 Å². The van der Waals surface area contributed by atoms with Crippen LogP contribution >= 0.6 is 0 Å². The highest BCUT2D eigenvalue weighted by Crippen LogP contribution is 2.29. The lowest BCUT2D eigenvalue weighted by atomic mass is 9.82. The fourth-order valence-corrected chi connectivity index (χ4v) is 1.29. The number of hydrogen-bond donors (Lipinski definition) is 0. The first-order valence-corrected chi connectivity index (χ1v) is 4.10. The summed E-state index contributed by atoms with van der Waals surface area (Å²) in [5.41, 5.74) is 0. The van der Waals surface area contributed by atoms with Gasteiger partial charge in [-0.2, -0.15) is 0 Å². The average molecular weight is 170 g/mol. The summed E-state index contributed by atoms with van der Waals surface area (Å²) < 4.78 is 10.0. The average Bonchev–Trinajstić information content (AvgIpc) is 2.03. The number of methoxy groups -OCH3 is 1. The Kier molecular flexibility index (Phi) is 3.29. The summed E-state index contributed by atoms with van der Waals surface area (Å²) in [7, 11) is 1.69. The molecule has 0 saturated heterocycles. The molecule has 0 aromatic rings. The molecule has 0 aliphatic heterocycles. The normalized spacial score (nSPS) is 27.4. The molecule has 2 atom stereocenters. The SMILES string of the molecule is C=CC(=O)OCC1CCC1OC. The first-order chi connectivity index (χ1) is 5.77. The molecule has 0 aromatic heterocycles. The molecular formula is C9H14O3. The van der Waals surface area contributed by atoms with Crippen LogP contribution in [0.25, 0.3) is 0 Å². The Morgan fingerprint density at radius 1 is 1.67 bits per heavy atom. The standard InChI is InChI=1S/C9H14O3/c1-3-9(10)12-6-7-4-5-8(7)11-2/h3,7-8H,1,4-6H2,2H3. The number of carbonyl (C=O) groups is 1. The van der Waals surface area contributed by atoms with E-state index in [2.05, 4.69) is 6.58 Å². The summed E-state index contributed by atoms with van der Waals surface area (Å²) in [6, 6.07) is 0. The van der Waals surface area contributed by atoms with Gasteiger partial charge in [0.1, 0.15) is 0 Å². The van der Waals surface area contributed by atoms with Crippen molar-refractivity contribution in [3.8, 4) is 0 Å². The lowest BCUT2D eigenvalue weighted by Crippen LogP contribution is -2.36. The maximum absolute atomic E-state index is 10.7. The quantitative estimate of drug-likeness (QED) is 0.469. The van der Waals surface area contributed by atoms with Gasteiger partial charge in [-0.3, -0.25) is 0 Å². The van der Waals surface area contributed by atoms with Crippen molar-refractivity contribution in [2.75, 3.05) is 13.7 Å². The van der Waals surface area contributed by atoms with Crippen LogP contribution in [0.3, 0.4) is 0 Å². The van der Waals surface area contributed by atoms with Crippen LogP contribution < -0.4 is 0 Å². The fraction of sp³-hybridized carbons (Fsp3) is 0.667. The van der Waals surface area contributed by atoms with E-state index in [4.69, 9.17) is 9.47 Å². The summed E-state index contributed by atoms with van der Waals surface area (Å²) in [5, 5.41) is 0. The lowest BCUT2D eigenvalue weighted by Gasteiger charge is -2.34. The molecule has 68 valence electrons. The van der Waals surface area contributed by atoms with Gasteiger partial charge in [0.15, 0.2) is 0 Å². The van der Waals surface area contributed by atoms with Gasteiger partial charge < -0.3 is 9.47 Å². The maximum atomic E-state index is 10.7. The van der Waals surface area contributed by atoms with Gasteiger partial charge in [0.2, 0.25) is 0 Å². The van der Waals surface area contributed by atoms with Crippen LogP contribution in [-0.2, 0) is 14.3 Å². The zero-order chi connectivity index (χ0) is 8.97. The van der Waals surface area contributed by atoms with Crippen LogP contribution in [0.4, 0.5) is 0 Å². The first kappa shape index (κ1) is 9.26. The molecule has 1 aliphatic rings. The van der Waals surface area contributed by atoms with Crippen molar-refractivity contribution in [3.05, 3.63) is 12.7 Å². The molecule has 0 amide bonds. The molecule has 0 radical (unpaired) electrons. The molecule has 1 aliphatic carbocycles. The Morgan fingerprint density at radius 2 is 2.42 bits per heavy atom. The molecule has 0 spiro atoms. The van der Waals surface area contributed by atoms with E-state index in [0.717, 1.165) is 12.8 Å². The lowest BCUT2D eigenvalue weighted by molar-refractivity contribution is -0.143. The van der Waals surface area contributed by atoms with E-state index in [1.54, 1.807) is 7.11 Å². The summed E-state index contributed by atoms with van der Waals surface area (Å²) in [6.07, 6.45) is 3.62. The number of hydrogen-bond acceptors (Lipinski definition) is 3. The summed E-state index contributed by atoms with van der Waals surface area (Å²) >= 11 is 0. The molecule has 0 aromatic carbocycles. The second kappa shape index (κ2) is 4.26. The summed E-state index contributed by atoms with van der Waals surface area (Å²) in [5.74, 6) is 0.0376. The van der Waals surface area contributed by atoms with Gasteiger partial charge in [-0.05, 0) is 12.8 Å². The molecule has 0 heterocycles. The molecule has 1 saturated carbocycles. The van der Waals surface area contributed by atoms with Crippen molar-refractivity contribution in [3.63, 3.8) is 0 Å². The Labute approximate surface area is 72.4 Å². The molecule has 2 unspecified atom stereocenters. The van der Waals surface area contributed by atoms with Gasteiger partial charge in [0.05, 0.1) is 12.7 Å². The van der Waals surface area contributed by atoms with E-state index in [1.165, 1.54) is 6.08 Å². The van der Waals surface area contributed by atoms with Crippen molar-refractivity contribution in [1.82, 2.24) is 0 Å². The minimum atomic E-state index is -0.350. The maximum Gasteiger partial charge on any atom is 0.330 e. The second-order valence-electron chi connectivity index (χ2n) is 2.95. The molecule has 3 nitrogen and oxygen atoms in total. The van der Waals surface area contributed by atoms with Crippen molar-refractivity contribution >= 4 is 5.97 Å². The smallest absolute Gasteiger partial charge is 0.330 e. The molecular weight excluding hydrogens is 156 g/mol. The van der Waals surface area contributed by atoms with Crippen molar-refractivity contribution in [1.29, 1.82) is 0 Å². The number of rotatable bonds is 4. The minimum Gasteiger partial charge on any atom is -0.462 e. The Bertz CT molecular complexity index is 175. The van der Waals surface area contributed by atoms with Crippen LogP contribution in [0.5, 0.6) is 0 Å². The van der Waals surface area contributed by atoms with E-state index in [9.17, 15) is 4.79 Å². The molecule has 12 heavy (non-hydrogen) atoms. The highest BCUT2D eigenvalue weighted by atomic mass is 16.5. The van der Waals surface area contributed by atoms with Crippen molar-refractivity contribution < 1.29 is 14.3 Å². The third kappa shape index (κ3) is 2.08. The first-order valence-electron chi connectivity index (χ1n) is 4.10. The third-order valence-electron chi connectivity index (χ3n) is 2.26. The van der Waals surface area contributed by atoms with Crippen molar-refractivity contribution in [2.45, 2.75) is 18.9 Å². The molecule has 0 N–H and O–H groups in total. The predicted molar refractivity (Wildman–Crippen MR) is 44.7 cm³/mol. The predicted octanol–water partition coefficient (Wildman–Crippen LogP) is 1.14. The Balaban J connectivity index is 2.15. The molecule has 0 bridgehead atoms. The third-order valence-corrected chi connectivity index (χ3v) is 2.26. The van der Waals surface area contributed by atoms with E-state index < -0.39 is 0 Å². The molecule has 1 rings (SSSR count). The van der Waals surface area contributed by atoms with Crippen LogP contribution in [0.15, 0.2) is 12.7 Å². The summed E-state index contributed by atoms with van der Waals surface area (Å²) in [6.45, 7) is 3.78. The van der Waals surface area contributed by atoms with Gasteiger partial charge in [-0.25, -0.2) is 4.79 Å². The van der Waals surface area contributed by atoms with Crippen LogP contribution in [0.2, 0.25) is 0 Å². The number of esters is 1. The summed E-state index contributed by atoms with van der Waals surface area (Å²) in [4.78, 5) is 10.7. The van der Waals surface area contributed by atoms with Gasteiger partial charge in [-0.15, -0.1) is 0 Å². The Hall–Kier alpha value is -0.830. The number of carbonyl (C=O) groups excluding carboxylic acids is 1. The van der Waals surface area contributed by atoms with E-state index >= 15 is 0 Å². The van der Waals surface area contributed by atoms with Gasteiger partial charge in [0, 0.05) is 19.1 Å². The number of ether oxygens (including phenoxy) is 2. The monoisotopic (exact) mass is 170 g/mol. The van der Waals surface area contributed by atoms with Gasteiger partial charge in [0.25, 0.3) is 0 Å².